The van der Waals surface area contributed by atoms with Gasteiger partial charge >= 0.3 is 0 Å². The van der Waals surface area contributed by atoms with E-state index in [1.54, 1.807) is 24.6 Å². The standard InChI is InChI=1S/C20H14N4OS/c1-25-14-5-2-12(3-6-14)19-22-15-7-4-13(10-17(15)23-19)20-24-16-8-9-21-11-18(16)26-20/h2-11H,1H3,(H,22,23). The number of rotatable bonds is 3. The highest BCUT2D eigenvalue weighted by molar-refractivity contribution is 7.21. The quantitative estimate of drug-likeness (QED) is 0.498. The molecule has 5 nitrogen and oxygen atoms in total. The van der Waals surface area contributed by atoms with Crippen LogP contribution in [0, 0.1) is 0 Å². The van der Waals surface area contributed by atoms with Crippen LogP contribution in [0.25, 0.3) is 43.2 Å². The zero-order chi connectivity index (χ0) is 17.5. The van der Waals surface area contributed by atoms with Crippen molar-refractivity contribution >= 4 is 32.6 Å². The largest absolute Gasteiger partial charge is 0.497 e. The third-order valence-corrected chi connectivity index (χ3v) is 5.34. The number of hydrogen-bond acceptors (Lipinski definition) is 5. The van der Waals surface area contributed by atoms with Gasteiger partial charge in [-0.3, -0.25) is 4.98 Å². The molecule has 5 rings (SSSR count). The van der Waals surface area contributed by atoms with Crippen molar-refractivity contribution in [2.24, 2.45) is 0 Å². The van der Waals surface area contributed by atoms with E-state index in [1.165, 1.54) is 0 Å². The number of imidazole rings is 1. The van der Waals surface area contributed by atoms with Crippen LogP contribution in [0.1, 0.15) is 0 Å². The fourth-order valence-electron chi connectivity index (χ4n) is 2.93. The van der Waals surface area contributed by atoms with Crippen LogP contribution in [0.4, 0.5) is 0 Å². The van der Waals surface area contributed by atoms with Gasteiger partial charge < -0.3 is 9.72 Å². The molecule has 0 amide bonds. The molecule has 1 N–H and O–H groups in total. The molecule has 0 spiro atoms. The number of pyridine rings is 1. The van der Waals surface area contributed by atoms with E-state index in [9.17, 15) is 0 Å². The zero-order valence-corrected chi connectivity index (χ0v) is 14.7. The van der Waals surface area contributed by atoms with E-state index in [4.69, 9.17) is 14.7 Å². The molecule has 0 saturated heterocycles. The van der Waals surface area contributed by atoms with Gasteiger partial charge in [-0.1, -0.05) is 0 Å². The molecule has 0 fully saturated rings. The van der Waals surface area contributed by atoms with Crippen LogP contribution in [-0.4, -0.2) is 27.0 Å². The van der Waals surface area contributed by atoms with Gasteiger partial charge in [-0.05, 0) is 48.5 Å². The molecule has 0 aliphatic rings. The summed E-state index contributed by atoms with van der Waals surface area (Å²) in [5, 5.41) is 0.982. The number of fused-ring (bicyclic) bond motifs is 2. The molecule has 0 unspecified atom stereocenters. The van der Waals surface area contributed by atoms with Crippen molar-refractivity contribution in [3.63, 3.8) is 0 Å². The molecule has 0 aliphatic carbocycles. The van der Waals surface area contributed by atoms with Gasteiger partial charge in [-0.15, -0.1) is 11.3 Å². The highest BCUT2D eigenvalue weighted by atomic mass is 32.1. The number of ether oxygens (including phenoxy) is 1. The van der Waals surface area contributed by atoms with E-state index in [0.717, 1.165) is 49.0 Å². The number of nitrogens with one attached hydrogen (secondary N) is 1. The lowest BCUT2D eigenvalue weighted by Gasteiger charge is -2.00. The van der Waals surface area contributed by atoms with Gasteiger partial charge in [0.15, 0.2) is 0 Å². The number of H-pyrrole nitrogens is 1. The minimum absolute atomic E-state index is 0.831. The van der Waals surface area contributed by atoms with Crippen LogP contribution < -0.4 is 4.74 Å². The minimum atomic E-state index is 0.831. The van der Waals surface area contributed by atoms with E-state index in [0.29, 0.717) is 0 Å². The Balaban J connectivity index is 1.56. The van der Waals surface area contributed by atoms with Gasteiger partial charge in [0.2, 0.25) is 0 Å². The lowest BCUT2D eigenvalue weighted by molar-refractivity contribution is 0.415. The third-order valence-electron chi connectivity index (χ3n) is 4.28. The number of methoxy groups -OCH3 is 1. The van der Waals surface area contributed by atoms with Crippen LogP contribution in [0.3, 0.4) is 0 Å². The smallest absolute Gasteiger partial charge is 0.138 e. The molecule has 3 heterocycles. The fraction of sp³-hybridized carbons (Fsp3) is 0.0500. The summed E-state index contributed by atoms with van der Waals surface area (Å²) in [7, 11) is 1.66. The number of benzene rings is 2. The first-order valence-electron chi connectivity index (χ1n) is 8.15. The van der Waals surface area contributed by atoms with Crippen molar-refractivity contribution in [2.45, 2.75) is 0 Å². The average molecular weight is 358 g/mol. The van der Waals surface area contributed by atoms with Crippen LogP contribution in [0.5, 0.6) is 5.75 Å². The normalized spacial score (nSPS) is 11.3. The molecule has 0 aliphatic heterocycles. The van der Waals surface area contributed by atoms with Crippen LogP contribution in [0.15, 0.2) is 60.9 Å². The molecule has 2 aromatic carbocycles. The molecule has 5 aromatic rings. The lowest BCUT2D eigenvalue weighted by Crippen LogP contribution is -1.83. The van der Waals surface area contributed by atoms with Crippen molar-refractivity contribution in [1.29, 1.82) is 0 Å². The predicted molar refractivity (Wildman–Crippen MR) is 104 cm³/mol. The highest BCUT2D eigenvalue weighted by Gasteiger charge is 2.10. The Kier molecular flexibility index (Phi) is 3.43. The van der Waals surface area contributed by atoms with E-state index >= 15 is 0 Å². The summed E-state index contributed by atoms with van der Waals surface area (Å²) in [5.74, 6) is 1.67. The molecule has 6 heteroatoms. The molecule has 0 bridgehead atoms. The van der Waals surface area contributed by atoms with Crippen LogP contribution in [0.2, 0.25) is 0 Å². The molecule has 0 atom stereocenters. The molecule has 3 aromatic heterocycles. The van der Waals surface area contributed by atoms with Crippen molar-refractivity contribution in [1.82, 2.24) is 19.9 Å². The number of thiazole rings is 1. The maximum absolute atomic E-state index is 5.21. The summed E-state index contributed by atoms with van der Waals surface area (Å²) >= 11 is 1.64. The number of hydrogen-bond donors (Lipinski definition) is 1. The molecule has 0 saturated carbocycles. The minimum Gasteiger partial charge on any atom is -0.497 e. The Bertz CT molecular complexity index is 1190. The zero-order valence-electron chi connectivity index (χ0n) is 13.9. The maximum Gasteiger partial charge on any atom is 0.138 e. The number of aromatic nitrogens is 4. The molecular formula is C20H14N4OS. The summed E-state index contributed by atoms with van der Waals surface area (Å²) in [5.41, 5.74) is 5.00. The molecule has 126 valence electrons. The molecule has 0 radical (unpaired) electrons. The Morgan fingerprint density at radius 2 is 1.77 bits per heavy atom. The summed E-state index contributed by atoms with van der Waals surface area (Å²) in [6, 6.07) is 16.0. The first kappa shape index (κ1) is 15.0. The Labute approximate surface area is 153 Å². The number of aromatic amines is 1. The molecule has 26 heavy (non-hydrogen) atoms. The number of nitrogens with zero attached hydrogens (tertiary/aromatic N) is 3. The second-order valence-corrected chi connectivity index (χ2v) is 6.94. The van der Waals surface area contributed by atoms with Crippen molar-refractivity contribution in [3.8, 4) is 27.7 Å². The Morgan fingerprint density at radius 3 is 2.58 bits per heavy atom. The van der Waals surface area contributed by atoms with Gasteiger partial charge in [0, 0.05) is 23.5 Å². The predicted octanol–water partition coefficient (Wildman–Crippen LogP) is 4.91. The first-order chi connectivity index (χ1) is 12.8. The topological polar surface area (TPSA) is 63.7 Å². The summed E-state index contributed by atoms with van der Waals surface area (Å²) in [4.78, 5) is 17.0. The van der Waals surface area contributed by atoms with Gasteiger partial charge in [-0.25, -0.2) is 9.97 Å². The molecular weight excluding hydrogens is 344 g/mol. The fourth-order valence-corrected chi connectivity index (χ4v) is 3.86. The Hall–Kier alpha value is -3.25. The van der Waals surface area contributed by atoms with Gasteiger partial charge in [0.1, 0.15) is 16.6 Å². The van der Waals surface area contributed by atoms with Crippen LogP contribution in [-0.2, 0) is 0 Å². The average Bonchev–Trinajstić information content (AvgIpc) is 3.31. The monoisotopic (exact) mass is 358 g/mol. The summed E-state index contributed by atoms with van der Waals surface area (Å²) in [6.45, 7) is 0. The third kappa shape index (κ3) is 2.51. The van der Waals surface area contributed by atoms with E-state index < -0.39 is 0 Å². The van der Waals surface area contributed by atoms with Crippen molar-refractivity contribution < 1.29 is 4.74 Å². The highest BCUT2D eigenvalue weighted by Crippen LogP contribution is 2.31. The SMILES string of the molecule is COc1ccc(-c2nc3ccc(-c4nc5ccncc5s4)cc3[nH]2)cc1. The van der Waals surface area contributed by atoms with Gasteiger partial charge in [0.25, 0.3) is 0 Å². The van der Waals surface area contributed by atoms with Crippen molar-refractivity contribution in [3.05, 3.63) is 60.9 Å². The first-order valence-corrected chi connectivity index (χ1v) is 8.97. The van der Waals surface area contributed by atoms with Crippen LogP contribution >= 0.6 is 11.3 Å². The maximum atomic E-state index is 5.21. The van der Waals surface area contributed by atoms with E-state index in [1.807, 2.05) is 42.6 Å². The second-order valence-electron chi connectivity index (χ2n) is 5.91. The van der Waals surface area contributed by atoms with E-state index in [2.05, 4.69) is 22.1 Å². The van der Waals surface area contributed by atoms with Gasteiger partial charge in [-0.2, -0.15) is 0 Å². The lowest BCUT2D eigenvalue weighted by atomic mass is 10.2. The van der Waals surface area contributed by atoms with E-state index in [-0.39, 0.29) is 0 Å². The summed E-state index contributed by atoms with van der Waals surface area (Å²) in [6.07, 6.45) is 3.62. The second kappa shape index (κ2) is 5.93. The summed E-state index contributed by atoms with van der Waals surface area (Å²) < 4.78 is 6.30. The van der Waals surface area contributed by atoms with Crippen molar-refractivity contribution in [2.75, 3.05) is 7.11 Å². The van der Waals surface area contributed by atoms with Gasteiger partial charge in [0.05, 0.1) is 28.4 Å². The Morgan fingerprint density at radius 1 is 0.923 bits per heavy atom.